The molecule has 3 amide bonds. The molecule has 0 aliphatic carbocycles. The summed E-state index contributed by atoms with van der Waals surface area (Å²) in [5, 5.41) is 5.68. The van der Waals surface area contributed by atoms with Gasteiger partial charge in [0, 0.05) is 38.2 Å². The molecule has 1 atom stereocenters. The maximum Gasteiger partial charge on any atom is 0.255 e. The van der Waals surface area contributed by atoms with E-state index in [-0.39, 0.29) is 24.1 Å². The molecule has 7 nitrogen and oxygen atoms in total. The number of benzene rings is 1. The van der Waals surface area contributed by atoms with Gasteiger partial charge >= 0.3 is 0 Å². The lowest BCUT2D eigenvalue weighted by molar-refractivity contribution is -0.136. The van der Waals surface area contributed by atoms with Crippen LogP contribution < -0.4 is 10.6 Å². The predicted octanol–water partition coefficient (Wildman–Crippen LogP) is 0.0988. The van der Waals surface area contributed by atoms with Gasteiger partial charge < -0.3 is 10.2 Å². The summed E-state index contributed by atoms with van der Waals surface area (Å²) in [5.41, 5.74) is 2.82. The van der Waals surface area contributed by atoms with Gasteiger partial charge in [-0.15, -0.1) is 0 Å². The highest BCUT2D eigenvalue weighted by atomic mass is 16.2. The lowest BCUT2D eigenvalue weighted by atomic mass is 9.82. The van der Waals surface area contributed by atoms with Crippen LogP contribution >= 0.6 is 0 Å². The van der Waals surface area contributed by atoms with Gasteiger partial charge in [0.15, 0.2) is 0 Å². The lowest BCUT2D eigenvalue weighted by Gasteiger charge is -2.47. The van der Waals surface area contributed by atoms with Crippen molar-refractivity contribution in [3.05, 3.63) is 34.9 Å². The van der Waals surface area contributed by atoms with E-state index in [2.05, 4.69) is 21.6 Å². The van der Waals surface area contributed by atoms with Crippen molar-refractivity contribution in [3.8, 4) is 0 Å². The smallest absolute Gasteiger partial charge is 0.255 e. The van der Waals surface area contributed by atoms with E-state index in [4.69, 9.17) is 0 Å². The number of fused-ring (bicyclic) bond motifs is 1. The first-order chi connectivity index (χ1) is 13.1. The second-order valence-corrected chi connectivity index (χ2v) is 8.26. The molecular formula is C20H24N4O3. The Morgan fingerprint density at radius 1 is 1.07 bits per heavy atom. The van der Waals surface area contributed by atoms with Gasteiger partial charge in [-0.3, -0.25) is 24.6 Å². The van der Waals surface area contributed by atoms with Crippen molar-refractivity contribution in [1.29, 1.82) is 0 Å². The van der Waals surface area contributed by atoms with E-state index in [0.29, 0.717) is 18.5 Å². The molecule has 0 aromatic heterocycles. The number of nitrogens with zero attached hydrogens (tertiary/aromatic N) is 2. The zero-order chi connectivity index (χ0) is 18.5. The van der Waals surface area contributed by atoms with Crippen molar-refractivity contribution in [1.82, 2.24) is 20.4 Å². The highest BCUT2D eigenvalue weighted by Crippen LogP contribution is 2.31. The van der Waals surface area contributed by atoms with Crippen molar-refractivity contribution in [3.63, 3.8) is 0 Å². The first kappa shape index (κ1) is 16.9. The van der Waals surface area contributed by atoms with Gasteiger partial charge in [-0.1, -0.05) is 12.1 Å². The molecule has 0 saturated carbocycles. The summed E-state index contributed by atoms with van der Waals surface area (Å²) in [6, 6.07) is 5.56. The first-order valence-corrected chi connectivity index (χ1v) is 9.78. The fraction of sp³-hybridized carbons (Fsp3) is 0.550. The molecule has 27 heavy (non-hydrogen) atoms. The third-order valence-corrected chi connectivity index (χ3v) is 6.46. The average Bonchev–Trinajstić information content (AvgIpc) is 2.88. The van der Waals surface area contributed by atoms with Crippen LogP contribution in [-0.4, -0.2) is 59.7 Å². The highest BCUT2D eigenvalue weighted by molar-refractivity contribution is 6.05. The van der Waals surface area contributed by atoms with E-state index in [1.54, 1.807) is 4.90 Å². The number of carbonyl (C=O) groups is 3. The van der Waals surface area contributed by atoms with Crippen LogP contribution in [0, 0.1) is 11.8 Å². The van der Waals surface area contributed by atoms with Crippen LogP contribution in [0.3, 0.4) is 0 Å². The van der Waals surface area contributed by atoms with E-state index in [1.807, 2.05) is 12.1 Å². The zero-order valence-corrected chi connectivity index (χ0v) is 15.2. The number of hydrogen-bond acceptors (Lipinski definition) is 5. The molecule has 4 aliphatic heterocycles. The largest absolute Gasteiger partial charge is 0.322 e. The second kappa shape index (κ2) is 6.42. The molecule has 5 rings (SSSR count). The van der Waals surface area contributed by atoms with Crippen molar-refractivity contribution in [2.24, 2.45) is 11.8 Å². The minimum Gasteiger partial charge on any atom is -0.322 e. The monoisotopic (exact) mass is 368 g/mol. The molecule has 1 aromatic carbocycles. The maximum atomic E-state index is 12.9. The Kier molecular flexibility index (Phi) is 4.02. The third kappa shape index (κ3) is 2.95. The molecule has 4 heterocycles. The maximum absolute atomic E-state index is 12.9. The van der Waals surface area contributed by atoms with Crippen LogP contribution in [0.15, 0.2) is 18.2 Å². The van der Waals surface area contributed by atoms with E-state index in [9.17, 15) is 14.4 Å². The van der Waals surface area contributed by atoms with Crippen LogP contribution in [0.5, 0.6) is 0 Å². The summed E-state index contributed by atoms with van der Waals surface area (Å²) >= 11 is 0. The van der Waals surface area contributed by atoms with Gasteiger partial charge in [-0.05, 0) is 48.5 Å². The molecule has 0 spiro atoms. The Morgan fingerprint density at radius 3 is 2.59 bits per heavy atom. The van der Waals surface area contributed by atoms with E-state index < -0.39 is 6.04 Å². The van der Waals surface area contributed by atoms with Gasteiger partial charge in [0.05, 0.1) is 0 Å². The van der Waals surface area contributed by atoms with Gasteiger partial charge in [0.2, 0.25) is 11.8 Å². The second-order valence-electron chi connectivity index (χ2n) is 8.26. The molecule has 4 aliphatic rings. The Morgan fingerprint density at radius 2 is 1.89 bits per heavy atom. The minimum absolute atomic E-state index is 0.0941. The summed E-state index contributed by atoms with van der Waals surface area (Å²) in [4.78, 5) is 40.4. The van der Waals surface area contributed by atoms with Crippen LogP contribution in [0.25, 0.3) is 0 Å². The van der Waals surface area contributed by atoms with E-state index in [0.717, 1.165) is 55.7 Å². The Labute approximate surface area is 158 Å². The number of rotatable bonds is 4. The Balaban J connectivity index is 1.24. The van der Waals surface area contributed by atoms with E-state index in [1.165, 1.54) is 0 Å². The fourth-order valence-electron chi connectivity index (χ4n) is 4.64. The van der Waals surface area contributed by atoms with Crippen LogP contribution in [0.2, 0.25) is 0 Å². The summed E-state index contributed by atoms with van der Waals surface area (Å²) in [5.74, 6) is 0.941. The SMILES string of the molecule is O=C1CCC(N2Cc3ccc(CN4CC(C5CNC5)C4)cc3C2=O)C(=O)N1. The van der Waals surface area contributed by atoms with Crippen LogP contribution in [-0.2, 0) is 22.7 Å². The first-order valence-electron chi connectivity index (χ1n) is 9.78. The van der Waals surface area contributed by atoms with Crippen molar-refractivity contribution < 1.29 is 14.4 Å². The molecular weight excluding hydrogens is 344 g/mol. The average molecular weight is 368 g/mol. The Hall–Kier alpha value is -2.25. The molecule has 0 bridgehead atoms. The number of likely N-dealkylation sites (tertiary alicyclic amines) is 1. The van der Waals surface area contributed by atoms with Gasteiger partial charge in [-0.2, -0.15) is 0 Å². The standard InChI is InChI=1S/C20H24N4O3/c25-18-4-3-17(19(26)22-18)24-11-13-2-1-12(5-16(13)20(24)27)8-23-9-15(10-23)14-6-21-7-14/h1-2,5,14-15,17,21H,3-4,6-11H2,(H,22,25,26). The zero-order valence-electron chi connectivity index (χ0n) is 15.2. The molecule has 0 radical (unpaired) electrons. The Bertz CT molecular complexity index is 813. The number of nitrogens with one attached hydrogen (secondary N) is 2. The molecule has 3 saturated heterocycles. The van der Waals surface area contributed by atoms with Crippen LogP contribution in [0.1, 0.15) is 34.3 Å². The van der Waals surface area contributed by atoms with Crippen molar-refractivity contribution in [2.75, 3.05) is 26.2 Å². The van der Waals surface area contributed by atoms with Gasteiger partial charge in [0.1, 0.15) is 6.04 Å². The predicted molar refractivity (Wildman–Crippen MR) is 97.6 cm³/mol. The number of piperidine rings is 1. The highest BCUT2D eigenvalue weighted by Gasteiger charge is 2.39. The number of amides is 3. The summed E-state index contributed by atoms with van der Waals surface area (Å²) in [6.07, 6.45) is 0.691. The number of carbonyl (C=O) groups excluding carboxylic acids is 3. The summed E-state index contributed by atoms with van der Waals surface area (Å²) in [7, 11) is 0. The van der Waals surface area contributed by atoms with Gasteiger partial charge in [0.25, 0.3) is 5.91 Å². The molecule has 3 fully saturated rings. The molecule has 2 N–H and O–H groups in total. The quantitative estimate of drug-likeness (QED) is 0.737. The topological polar surface area (TPSA) is 81.8 Å². The summed E-state index contributed by atoms with van der Waals surface area (Å²) in [6.45, 7) is 5.90. The fourth-order valence-corrected chi connectivity index (χ4v) is 4.64. The normalized spacial score (nSPS) is 26.6. The van der Waals surface area contributed by atoms with Gasteiger partial charge in [-0.25, -0.2) is 0 Å². The third-order valence-electron chi connectivity index (χ3n) is 6.46. The number of imide groups is 1. The molecule has 7 heteroatoms. The molecule has 1 aromatic rings. The summed E-state index contributed by atoms with van der Waals surface area (Å²) < 4.78 is 0. The lowest BCUT2D eigenvalue weighted by Crippen LogP contribution is -2.57. The molecule has 142 valence electrons. The minimum atomic E-state index is -0.543. The number of hydrogen-bond donors (Lipinski definition) is 2. The van der Waals surface area contributed by atoms with E-state index >= 15 is 0 Å². The van der Waals surface area contributed by atoms with Crippen molar-refractivity contribution in [2.45, 2.75) is 32.0 Å². The van der Waals surface area contributed by atoms with Crippen molar-refractivity contribution >= 4 is 17.7 Å². The molecule has 1 unspecified atom stereocenters. The van der Waals surface area contributed by atoms with Crippen LogP contribution in [0.4, 0.5) is 0 Å².